The van der Waals surface area contributed by atoms with E-state index in [1.807, 2.05) is 32.8 Å². The standard InChI is InChI=1S/C13H23N3O4/c1-8(9(2)11(18)19)10(17)15-12(20)14-7-13(3,4)16(5)6/h7H2,1-6H3,(H,18,19)(H2,14,15,17,20). The van der Waals surface area contributed by atoms with Gasteiger partial charge < -0.3 is 15.3 Å². The number of carboxylic acids is 1. The van der Waals surface area contributed by atoms with E-state index >= 15 is 0 Å². The van der Waals surface area contributed by atoms with Crippen LogP contribution < -0.4 is 10.6 Å². The van der Waals surface area contributed by atoms with E-state index in [0.29, 0.717) is 6.54 Å². The minimum atomic E-state index is -1.19. The van der Waals surface area contributed by atoms with Crippen LogP contribution in [0.15, 0.2) is 11.1 Å². The molecule has 0 heterocycles. The van der Waals surface area contributed by atoms with Crippen molar-refractivity contribution in [3.8, 4) is 0 Å². The lowest BCUT2D eigenvalue weighted by molar-refractivity contribution is -0.133. The molecule has 0 bridgehead atoms. The van der Waals surface area contributed by atoms with Crippen LogP contribution >= 0.6 is 0 Å². The molecule has 0 unspecified atom stereocenters. The molecule has 0 saturated heterocycles. The minimum absolute atomic E-state index is 0.000445. The number of carboxylic acid groups (broad SMARTS) is 1. The zero-order valence-electron chi connectivity index (χ0n) is 12.8. The summed E-state index contributed by atoms with van der Waals surface area (Å²) in [5.74, 6) is -1.91. The third kappa shape index (κ3) is 5.40. The van der Waals surface area contributed by atoms with Crippen molar-refractivity contribution in [3.05, 3.63) is 11.1 Å². The molecule has 0 aliphatic rings. The number of nitrogens with one attached hydrogen (secondary N) is 2. The van der Waals surface area contributed by atoms with Crippen LogP contribution in [0, 0.1) is 0 Å². The topological polar surface area (TPSA) is 98.7 Å². The fourth-order valence-corrected chi connectivity index (χ4v) is 1.03. The molecule has 0 aromatic heterocycles. The first-order valence-corrected chi connectivity index (χ1v) is 6.16. The fourth-order valence-electron chi connectivity index (χ4n) is 1.03. The van der Waals surface area contributed by atoms with Gasteiger partial charge in [-0.05, 0) is 41.8 Å². The predicted octanol–water partition coefficient (Wildman–Crippen LogP) is 0.573. The van der Waals surface area contributed by atoms with E-state index < -0.39 is 17.9 Å². The number of likely N-dealkylation sites (N-methyl/N-ethyl adjacent to an activating group) is 1. The second-order valence-corrected chi connectivity index (χ2v) is 5.40. The Hall–Kier alpha value is -1.89. The van der Waals surface area contributed by atoms with Crippen molar-refractivity contribution in [3.63, 3.8) is 0 Å². The summed E-state index contributed by atoms with van der Waals surface area (Å²) >= 11 is 0. The number of nitrogens with zero attached hydrogens (tertiary/aromatic N) is 1. The van der Waals surface area contributed by atoms with Crippen LogP contribution in [0.1, 0.15) is 27.7 Å². The number of aliphatic carboxylic acids is 1. The molecule has 114 valence electrons. The number of hydrogen-bond acceptors (Lipinski definition) is 4. The monoisotopic (exact) mass is 285 g/mol. The Labute approximate surface area is 119 Å². The molecule has 3 N–H and O–H groups in total. The van der Waals surface area contributed by atoms with E-state index in [1.54, 1.807) is 0 Å². The van der Waals surface area contributed by atoms with Crippen molar-refractivity contribution in [2.24, 2.45) is 0 Å². The zero-order chi connectivity index (χ0) is 16.1. The Balaban J connectivity index is 4.54. The van der Waals surface area contributed by atoms with Crippen LogP contribution in [0.5, 0.6) is 0 Å². The van der Waals surface area contributed by atoms with E-state index in [0.717, 1.165) is 0 Å². The molecule has 0 spiro atoms. The minimum Gasteiger partial charge on any atom is -0.478 e. The van der Waals surface area contributed by atoms with Crippen LogP contribution in [0.4, 0.5) is 4.79 Å². The van der Waals surface area contributed by atoms with Crippen LogP contribution in [-0.4, -0.2) is 54.1 Å². The Morgan fingerprint density at radius 1 is 1.10 bits per heavy atom. The van der Waals surface area contributed by atoms with Crippen molar-refractivity contribution in [2.75, 3.05) is 20.6 Å². The highest BCUT2D eigenvalue weighted by Crippen LogP contribution is 2.07. The Morgan fingerprint density at radius 2 is 1.60 bits per heavy atom. The maximum atomic E-state index is 11.7. The molecule has 0 aliphatic carbocycles. The molecule has 7 nitrogen and oxygen atoms in total. The molecule has 7 heteroatoms. The summed E-state index contributed by atoms with van der Waals surface area (Å²) in [5, 5.41) is 13.4. The van der Waals surface area contributed by atoms with Crippen molar-refractivity contribution >= 4 is 17.9 Å². The number of rotatable bonds is 5. The Bertz CT molecular complexity index is 439. The van der Waals surface area contributed by atoms with Crippen LogP contribution in [0.2, 0.25) is 0 Å². The van der Waals surface area contributed by atoms with Gasteiger partial charge >= 0.3 is 12.0 Å². The summed E-state index contributed by atoms with van der Waals surface area (Å²) in [6.45, 7) is 6.89. The van der Waals surface area contributed by atoms with Gasteiger partial charge in [-0.3, -0.25) is 10.1 Å². The lowest BCUT2D eigenvalue weighted by Crippen LogP contribution is -2.51. The van der Waals surface area contributed by atoms with Gasteiger partial charge in [0.15, 0.2) is 0 Å². The third-order valence-corrected chi connectivity index (χ3v) is 3.34. The molecule has 0 rings (SSSR count). The number of hydrogen-bond donors (Lipinski definition) is 3. The van der Waals surface area contributed by atoms with E-state index in [1.165, 1.54) is 13.8 Å². The summed E-state index contributed by atoms with van der Waals surface area (Å²) in [7, 11) is 3.77. The van der Waals surface area contributed by atoms with Gasteiger partial charge in [0, 0.05) is 23.2 Å². The van der Waals surface area contributed by atoms with Gasteiger partial charge in [-0.15, -0.1) is 0 Å². The largest absolute Gasteiger partial charge is 0.478 e. The van der Waals surface area contributed by atoms with Crippen LogP contribution in [-0.2, 0) is 9.59 Å². The maximum Gasteiger partial charge on any atom is 0.331 e. The number of urea groups is 1. The Morgan fingerprint density at radius 3 is 2.00 bits per heavy atom. The molecule has 0 radical (unpaired) electrons. The highest BCUT2D eigenvalue weighted by Gasteiger charge is 2.22. The number of carbonyl (C=O) groups is 3. The van der Waals surface area contributed by atoms with Crippen molar-refractivity contribution in [1.82, 2.24) is 15.5 Å². The predicted molar refractivity (Wildman–Crippen MR) is 75.3 cm³/mol. The van der Waals surface area contributed by atoms with Crippen LogP contribution in [0.3, 0.4) is 0 Å². The van der Waals surface area contributed by atoms with Gasteiger partial charge in [-0.2, -0.15) is 0 Å². The van der Waals surface area contributed by atoms with Gasteiger partial charge in [0.25, 0.3) is 5.91 Å². The van der Waals surface area contributed by atoms with Gasteiger partial charge in [0.1, 0.15) is 0 Å². The number of imide groups is 1. The summed E-state index contributed by atoms with van der Waals surface area (Å²) in [5.41, 5.74) is -0.356. The lowest BCUT2D eigenvalue weighted by atomic mass is 10.0. The first-order valence-electron chi connectivity index (χ1n) is 6.16. The highest BCUT2D eigenvalue weighted by atomic mass is 16.4. The molecule has 0 aromatic rings. The normalized spacial score (nSPS) is 12.8. The molecule has 0 atom stereocenters. The average molecular weight is 285 g/mol. The third-order valence-electron chi connectivity index (χ3n) is 3.34. The smallest absolute Gasteiger partial charge is 0.331 e. The molecular weight excluding hydrogens is 262 g/mol. The summed E-state index contributed by atoms with van der Waals surface area (Å²) in [4.78, 5) is 35.9. The second kappa shape index (κ2) is 7.04. The van der Waals surface area contributed by atoms with Crippen molar-refractivity contribution in [2.45, 2.75) is 33.2 Å². The molecule has 20 heavy (non-hydrogen) atoms. The van der Waals surface area contributed by atoms with Gasteiger partial charge in [0.05, 0.1) is 0 Å². The maximum absolute atomic E-state index is 11.7. The summed E-state index contributed by atoms with van der Waals surface area (Å²) in [6.07, 6.45) is 0. The van der Waals surface area contributed by atoms with Gasteiger partial charge in [-0.1, -0.05) is 0 Å². The fraction of sp³-hybridized carbons (Fsp3) is 0.615. The molecule has 0 saturated carbocycles. The molecule has 3 amide bonds. The number of carbonyl (C=O) groups excluding carboxylic acids is 2. The first kappa shape index (κ1) is 18.1. The zero-order valence-corrected chi connectivity index (χ0v) is 12.8. The molecule has 0 fully saturated rings. The first-order chi connectivity index (χ1) is 8.99. The summed E-state index contributed by atoms with van der Waals surface area (Å²) in [6, 6.07) is -0.650. The van der Waals surface area contributed by atoms with E-state index in [4.69, 9.17) is 5.11 Å². The molecular formula is C13H23N3O4. The second-order valence-electron chi connectivity index (χ2n) is 5.40. The van der Waals surface area contributed by atoms with E-state index in [9.17, 15) is 14.4 Å². The quantitative estimate of drug-likeness (QED) is 0.642. The van der Waals surface area contributed by atoms with E-state index in [-0.39, 0.29) is 16.7 Å². The molecule has 0 aromatic carbocycles. The summed E-state index contributed by atoms with van der Waals surface area (Å²) < 4.78 is 0. The number of amides is 3. The Kier molecular flexibility index (Phi) is 6.38. The molecule has 0 aliphatic heterocycles. The van der Waals surface area contributed by atoms with Gasteiger partial charge in [0.2, 0.25) is 0 Å². The SMILES string of the molecule is CC(C(=O)O)=C(C)C(=O)NC(=O)NCC(C)(C)N(C)C. The van der Waals surface area contributed by atoms with Crippen molar-refractivity contribution < 1.29 is 19.5 Å². The van der Waals surface area contributed by atoms with E-state index in [2.05, 4.69) is 10.6 Å². The highest BCUT2D eigenvalue weighted by molar-refractivity contribution is 6.07. The average Bonchev–Trinajstić information content (AvgIpc) is 2.34. The lowest BCUT2D eigenvalue weighted by Gasteiger charge is -2.32. The van der Waals surface area contributed by atoms with Crippen molar-refractivity contribution in [1.29, 1.82) is 0 Å². The van der Waals surface area contributed by atoms with Crippen LogP contribution in [0.25, 0.3) is 0 Å². The van der Waals surface area contributed by atoms with Gasteiger partial charge in [-0.25, -0.2) is 9.59 Å².